The van der Waals surface area contributed by atoms with Crippen LogP contribution in [-0.2, 0) is 4.79 Å². The van der Waals surface area contributed by atoms with Crippen molar-refractivity contribution >= 4 is 17.0 Å². The summed E-state index contributed by atoms with van der Waals surface area (Å²) in [7, 11) is 0. The monoisotopic (exact) mass is 217 g/mol. The summed E-state index contributed by atoms with van der Waals surface area (Å²) in [5.41, 5.74) is 6.80. The van der Waals surface area contributed by atoms with E-state index < -0.39 is 12.0 Å². The summed E-state index contributed by atoms with van der Waals surface area (Å²) in [6, 6.07) is 6.66. The summed E-state index contributed by atoms with van der Waals surface area (Å²) in [5, 5.41) is 0. The van der Waals surface area contributed by atoms with Crippen molar-refractivity contribution in [3.63, 3.8) is 0 Å². The highest BCUT2D eigenvalue weighted by Crippen LogP contribution is 2.13. The zero-order valence-corrected chi connectivity index (χ0v) is 8.75. The average Bonchev–Trinajstić information content (AvgIpc) is 2.28. The number of ether oxygens (including phenoxy) is 1. The van der Waals surface area contributed by atoms with E-state index in [0.29, 0.717) is 5.52 Å². The van der Waals surface area contributed by atoms with Gasteiger partial charge in [-0.25, -0.2) is 14.8 Å². The summed E-state index contributed by atoms with van der Waals surface area (Å²) in [5.74, 6) is -0.356. The molecule has 0 amide bonds. The second-order valence-corrected chi connectivity index (χ2v) is 3.41. The molecule has 5 heteroatoms. The molecule has 82 valence electrons. The molecule has 0 spiro atoms. The number of nitrogens with two attached hydrogens (primary N) is 1. The first-order valence-electron chi connectivity index (χ1n) is 4.86. The molecule has 16 heavy (non-hydrogen) atoms. The smallest absolute Gasteiger partial charge is 0.329 e. The predicted molar refractivity (Wildman–Crippen MR) is 58.8 cm³/mol. The Morgan fingerprint density at radius 3 is 2.75 bits per heavy atom. The number of para-hydroxylation sites is 2. The summed E-state index contributed by atoms with van der Waals surface area (Å²) >= 11 is 0. The molecule has 0 aliphatic rings. The Labute approximate surface area is 92.3 Å². The molecule has 0 saturated carbocycles. The number of aromatic nitrogens is 2. The fourth-order valence-corrected chi connectivity index (χ4v) is 1.19. The van der Waals surface area contributed by atoms with E-state index >= 15 is 0 Å². The highest BCUT2D eigenvalue weighted by molar-refractivity contribution is 5.78. The van der Waals surface area contributed by atoms with Crippen LogP contribution in [0.25, 0.3) is 11.0 Å². The van der Waals surface area contributed by atoms with Crippen molar-refractivity contribution in [2.75, 3.05) is 0 Å². The highest BCUT2D eigenvalue weighted by atomic mass is 16.5. The highest BCUT2D eigenvalue weighted by Gasteiger charge is 2.11. The van der Waals surface area contributed by atoms with Crippen LogP contribution in [0.3, 0.4) is 0 Å². The van der Waals surface area contributed by atoms with E-state index in [0.717, 1.165) is 5.52 Å². The molecule has 2 aromatic rings. The maximum Gasteiger partial charge on any atom is 0.329 e. The number of hydrogen-bond donors (Lipinski definition) is 1. The van der Waals surface area contributed by atoms with E-state index in [1.807, 2.05) is 18.2 Å². The van der Waals surface area contributed by atoms with Crippen molar-refractivity contribution in [2.24, 2.45) is 5.73 Å². The zero-order valence-electron chi connectivity index (χ0n) is 8.75. The molecule has 0 unspecified atom stereocenters. The molecule has 0 saturated heterocycles. The Balaban J connectivity index is 2.29. The maximum atomic E-state index is 11.2. The van der Waals surface area contributed by atoms with Crippen LogP contribution in [-0.4, -0.2) is 22.0 Å². The normalized spacial score (nSPS) is 12.4. The number of esters is 1. The van der Waals surface area contributed by atoms with Crippen LogP contribution < -0.4 is 10.5 Å². The van der Waals surface area contributed by atoms with Gasteiger partial charge in [0.15, 0.2) is 0 Å². The number of rotatable bonds is 2. The van der Waals surface area contributed by atoms with E-state index in [1.54, 1.807) is 13.0 Å². The van der Waals surface area contributed by atoms with Crippen molar-refractivity contribution in [2.45, 2.75) is 13.0 Å². The number of carbonyl (C=O) groups is 1. The van der Waals surface area contributed by atoms with Crippen molar-refractivity contribution in [1.29, 1.82) is 0 Å². The first-order valence-corrected chi connectivity index (χ1v) is 4.86. The van der Waals surface area contributed by atoms with Gasteiger partial charge in [0.05, 0.1) is 17.2 Å². The number of benzene rings is 1. The lowest BCUT2D eigenvalue weighted by Crippen LogP contribution is -2.31. The van der Waals surface area contributed by atoms with Gasteiger partial charge in [-0.05, 0) is 19.1 Å². The van der Waals surface area contributed by atoms with Gasteiger partial charge >= 0.3 is 5.97 Å². The predicted octanol–water partition coefficient (Wildman–Crippen LogP) is 0.882. The van der Waals surface area contributed by atoms with E-state index in [4.69, 9.17) is 10.5 Å². The zero-order chi connectivity index (χ0) is 11.5. The minimum atomic E-state index is -0.673. The Bertz CT molecular complexity index is 525. The molecular weight excluding hydrogens is 206 g/mol. The third-order valence-electron chi connectivity index (χ3n) is 2.00. The van der Waals surface area contributed by atoms with Crippen molar-refractivity contribution in [3.05, 3.63) is 30.5 Å². The maximum absolute atomic E-state index is 11.2. The van der Waals surface area contributed by atoms with E-state index in [-0.39, 0.29) is 5.88 Å². The van der Waals surface area contributed by atoms with Gasteiger partial charge < -0.3 is 10.5 Å². The molecule has 1 aromatic heterocycles. The molecule has 2 N–H and O–H groups in total. The molecule has 0 fully saturated rings. The van der Waals surface area contributed by atoms with Crippen molar-refractivity contribution < 1.29 is 9.53 Å². The quantitative estimate of drug-likeness (QED) is 0.755. The Kier molecular flexibility index (Phi) is 2.78. The molecular formula is C11H11N3O2. The first-order chi connectivity index (χ1) is 7.66. The van der Waals surface area contributed by atoms with Gasteiger partial charge in [-0.1, -0.05) is 12.1 Å². The van der Waals surface area contributed by atoms with E-state index in [1.165, 1.54) is 6.20 Å². The minimum absolute atomic E-state index is 0.168. The Morgan fingerprint density at radius 2 is 2.06 bits per heavy atom. The summed E-state index contributed by atoms with van der Waals surface area (Å²) in [6.45, 7) is 1.55. The lowest BCUT2D eigenvalue weighted by Gasteiger charge is -2.05. The summed E-state index contributed by atoms with van der Waals surface area (Å²) < 4.78 is 4.95. The number of fused-ring (bicyclic) bond motifs is 1. The van der Waals surface area contributed by atoms with Gasteiger partial charge in [-0.15, -0.1) is 0 Å². The average molecular weight is 217 g/mol. The van der Waals surface area contributed by atoms with Gasteiger partial charge in [0, 0.05) is 0 Å². The fraction of sp³-hybridized carbons (Fsp3) is 0.182. The molecule has 2 rings (SSSR count). The number of nitrogens with zero attached hydrogens (tertiary/aromatic N) is 2. The summed E-state index contributed by atoms with van der Waals surface area (Å²) in [4.78, 5) is 19.5. The SMILES string of the molecule is C[C@H](N)C(=O)Oc1cnc2ccccc2n1. The molecule has 0 aliphatic heterocycles. The van der Waals surface area contributed by atoms with Crippen LogP contribution in [0.1, 0.15) is 6.92 Å². The topological polar surface area (TPSA) is 78.1 Å². The lowest BCUT2D eigenvalue weighted by atomic mass is 10.3. The van der Waals surface area contributed by atoms with Gasteiger partial charge in [-0.3, -0.25) is 0 Å². The van der Waals surface area contributed by atoms with Crippen LogP contribution in [0, 0.1) is 0 Å². The Morgan fingerprint density at radius 1 is 1.38 bits per heavy atom. The van der Waals surface area contributed by atoms with Crippen LogP contribution in [0.15, 0.2) is 30.5 Å². The molecule has 1 heterocycles. The molecule has 1 atom stereocenters. The molecule has 1 aromatic carbocycles. The van der Waals surface area contributed by atoms with Gasteiger partial charge in [0.2, 0.25) is 5.88 Å². The number of carbonyl (C=O) groups excluding carboxylic acids is 1. The minimum Gasteiger partial charge on any atom is -0.405 e. The second kappa shape index (κ2) is 4.24. The van der Waals surface area contributed by atoms with E-state index in [9.17, 15) is 4.79 Å². The molecule has 0 radical (unpaired) electrons. The molecule has 0 aliphatic carbocycles. The van der Waals surface area contributed by atoms with Crippen LogP contribution in [0.5, 0.6) is 5.88 Å². The van der Waals surface area contributed by atoms with Crippen LogP contribution >= 0.6 is 0 Å². The van der Waals surface area contributed by atoms with Gasteiger partial charge in [-0.2, -0.15) is 0 Å². The molecule has 0 bridgehead atoms. The molecule has 5 nitrogen and oxygen atoms in total. The third kappa shape index (κ3) is 2.14. The standard InChI is InChI=1S/C11H11N3O2/c1-7(12)11(15)16-10-6-13-8-4-2-3-5-9(8)14-10/h2-7H,12H2,1H3/t7-/m0/s1. The first kappa shape index (κ1) is 10.5. The van der Waals surface area contributed by atoms with Crippen molar-refractivity contribution in [3.8, 4) is 5.88 Å². The second-order valence-electron chi connectivity index (χ2n) is 3.41. The van der Waals surface area contributed by atoms with E-state index in [2.05, 4.69) is 9.97 Å². The Hall–Kier alpha value is -2.01. The third-order valence-corrected chi connectivity index (χ3v) is 2.00. The van der Waals surface area contributed by atoms with Crippen LogP contribution in [0.4, 0.5) is 0 Å². The van der Waals surface area contributed by atoms with Crippen molar-refractivity contribution in [1.82, 2.24) is 9.97 Å². The van der Waals surface area contributed by atoms with Gasteiger partial charge in [0.1, 0.15) is 6.04 Å². The van der Waals surface area contributed by atoms with Crippen LogP contribution in [0.2, 0.25) is 0 Å². The fourth-order valence-electron chi connectivity index (χ4n) is 1.19. The summed E-state index contributed by atoms with van der Waals surface area (Å²) in [6.07, 6.45) is 1.41. The number of hydrogen-bond acceptors (Lipinski definition) is 5. The lowest BCUT2D eigenvalue weighted by molar-refractivity contribution is -0.135. The van der Waals surface area contributed by atoms with Gasteiger partial charge in [0.25, 0.3) is 0 Å². The largest absolute Gasteiger partial charge is 0.405 e.